The fourth-order valence-corrected chi connectivity index (χ4v) is 9.16. The third-order valence-corrected chi connectivity index (χ3v) is 12.1. The molecule has 9 heteroatoms. The average molecular weight is 745 g/mol. The van der Waals surface area contributed by atoms with E-state index < -0.39 is 10.0 Å². The van der Waals surface area contributed by atoms with Gasteiger partial charge >= 0.3 is 0 Å². The monoisotopic (exact) mass is 744 g/mol. The number of hydrogen-bond donors (Lipinski definition) is 1. The van der Waals surface area contributed by atoms with Crippen molar-refractivity contribution in [1.29, 1.82) is 0 Å². The van der Waals surface area contributed by atoms with Crippen molar-refractivity contribution in [3.05, 3.63) is 160 Å². The van der Waals surface area contributed by atoms with E-state index in [0.717, 1.165) is 35.3 Å². The summed E-state index contributed by atoms with van der Waals surface area (Å²) in [6, 6.07) is 40.4. The van der Waals surface area contributed by atoms with Crippen molar-refractivity contribution in [3.63, 3.8) is 0 Å². The Morgan fingerprint density at radius 2 is 1.49 bits per heavy atom. The Morgan fingerprint density at radius 1 is 0.792 bits per heavy atom. The molecule has 7 rings (SSSR count). The number of aryl methyl sites for hydroxylation is 2. The van der Waals surface area contributed by atoms with E-state index in [1.165, 1.54) is 43.9 Å². The lowest BCUT2D eigenvalue weighted by molar-refractivity contribution is 0.0985. The van der Waals surface area contributed by atoms with Crippen molar-refractivity contribution in [2.24, 2.45) is 0 Å². The van der Waals surface area contributed by atoms with Crippen LogP contribution in [-0.2, 0) is 36.0 Å². The van der Waals surface area contributed by atoms with Crippen LogP contribution in [0.5, 0.6) is 11.5 Å². The van der Waals surface area contributed by atoms with Crippen LogP contribution in [0.1, 0.15) is 62.8 Å². The summed E-state index contributed by atoms with van der Waals surface area (Å²) in [6.07, 6.45) is 6.59. The topological polar surface area (TPSA) is 84.9 Å². The van der Waals surface area contributed by atoms with Gasteiger partial charge < -0.3 is 14.8 Å². The maximum absolute atomic E-state index is 13.9. The van der Waals surface area contributed by atoms with Gasteiger partial charge in [0.1, 0.15) is 18.1 Å². The smallest absolute Gasteiger partial charge is 0.232 e. The molecule has 5 aromatic carbocycles. The van der Waals surface area contributed by atoms with Crippen molar-refractivity contribution < 1.29 is 22.7 Å². The quantitative estimate of drug-likeness (QED) is 0.0995. The number of fused-ring (bicyclic) bond motifs is 3. The maximum atomic E-state index is 13.9. The number of ketones is 1. The first-order valence-corrected chi connectivity index (χ1v) is 20.8. The SMILES string of the molecule is CS(=O)(=O)N(Cc1ccccc1)c1cc(C(=O)CNC(CCOc2cccc3c4c(sc23)CCCC4)c2ccccc2)ccc1OCc1ccccc1. The molecular formula is C44H44N2O5S2. The van der Waals surface area contributed by atoms with E-state index in [-0.39, 0.29) is 31.5 Å². The van der Waals surface area contributed by atoms with E-state index in [1.807, 2.05) is 90.2 Å². The second-order valence-corrected chi connectivity index (χ2v) is 16.5. The molecule has 1 unspecified atom stereocenters. The number of nitrogens with zero attached hydrogens (tertiary/aromatic N) is 1. The average Bonchev–Trinajstić information content (AvgIpc) is 3.58. The highest BCUT2D eigenvalue weighted by molar-refractivity contribution is 7.92. The Balaban J connectivity index is 1.10. The van der Waals surface area contributed by atoms with Crippen LogP contribution >= 0.6 is 11.3 Å². The van der Waals surface area contributed by atoms with Crippen molar-refractivity contribution >= 4 is 42.9 Å². The van der Waals surface area contributed by atoms with Crippen molar-refractivity contribution in [1.82, 2.24) is 5.32 Å². The second kappa shape index (κ2) is 16.8. The number of Topliss-reactive ketones (excluding diaryl/α,β-unsaturated/α-hetero) is 1. The fourth-order valence-electron chi connectivity index (χ4n) is 6.92. The van der Waals surface area contributed by atoms with Gasteiger partial charge in [0, 0.05) is 22.9 Å². The number of thiophene rings is 1. The summed E-state index contributed by atoms with van der Waals surface area (Å²) in [5.74, 6) is 1.13. The highest BCUT2D eigenvalue weighted by atomic mass is 32.2. The molecule has 7 nitrogen and oxygen atoms in total. The Morgan fingerprint density at radius 3 is 2.23 bits per heavy atom. The molecule has 1 atom stereocenters. The molecule has 53 heavy (non-hydrogen) atoms. The lowest BCUT2D eigenvalue weighted by atomic mass is 9.96. The first-order chi connectivity index (χ1) is 25.8. The molecule has 0 spiro atoms. The van der Waals surface area contributed by atoms with E-state index in [4.69, 9.17) is 9.47 Å². The molecule has 0 bridgehead atoms. The summed E-state index contributed by atoms with van der Waals surface area (Å²) in [6.45, 7) is 0.863. The largest absolute Gasteiger partial charge is 0.492 e. The Labute approximate surface area is 316 Å². The van der Waals surface area contributed by atoms with Crippen LogP contribution in [0.15, 0.2) is 127 Å². The molecule has 0 aliphatic heterocycles. The van der Waals surface area contributed by atoms with E-state index in [0.29, 0.717) is 30.0 Å². The molecule has 1 aliphatic rings. The van der Waals surface area contributed by atoms with E-state index in [9.17, 15) is 13.2 Å². The summed E-state index contributed by atoms with van der Waals surface area (Å²) < 4.78 is 41.8. The number of benzene rings is 5. The summed E-state index contributed by atoms with van der Waals surface area (Å²) in [5, 5.41) is 4.81. The molecule has 1 aromatic heterocycles. The zero-order valence-corrected chi connectivity index (χ0v) is 31.5. The molecule has 0 saturated carbocycles. The molecule has 272 valence electrons. The van der Waals surface area contributed by atoms with Gasteiger partial charge in [-0.1, -0.05) is 103 Å². The van der Waals surface area contributed by atoms with Crippen LogP contribution in [0.25, 0.3) is 10.1 Å². The van der Waals surface area contributed by atoms with E-state index in [1.54, 1.807) is 18.2 Å². The fraction of sp³-hybridized carbons (Fsp3) is 0.250. The lowest BCUT2D eigenvalue weighted by Crippen LogP contribution is -2.31. The normalized spacial score (nSPS) is 13.3. The number of nitrogens with one attached hydrogen (secondary N) is 1. The zero-order chi connectivity index (χ0) is 36.6. The van der Waals surface area contributed by atoms with Crippen molar-refractivity contribution in [2.75, 3.05) is 23.7 Å². The minimum absolute atomic E-state index is 0.0496. The van der Waals surface area contributed by atoms with Gasteiger partial charge in [0.2, 0.25) is 10.0 Å². The van der Waals surface area contributed by atoms with Gasteiger partial charge in [-0.3, -0.25) is 9.10 Å². The van der Waals surface area contributed by atoms with Gasteiger partial charge in [-0.05, 0) is 77.6 Å². The van der Waals surface area contributed by atoms with Gasteiger partial charge in [0.15, 0.2) is 5.78 Å². The number of rotatable bonds is 16. The highest BCUT2D eigenvalue weighted by Gasteiger charge is 2.25. The minimum Gasteiger partial charge on any atom is -0.492 e. The molecule has 0 saturated heterocycles. The van der Waals surface area contributed by atoms with Gasteiger partial charge in [-0.2, -0.15) is 0 Å². The third-order valence-electron chi connectivity index (χ3n) is 9.68. The number of hydrogen-bond acceptors (Lipinski definition) is 7. The summed E-state index contributed by atoms with van der Waals surface area (Å²) in [7, 11) is -3.76. The van der Waals surface area contributed by atoms with Gasteiger partial charge in [-0.25, -0.2) is 8.42 Å². The summed E-state index contributed by atoms with van der Waals surface area (Å²) >= 11 is 1.87. The minimum atomic E-state index is -3.76. The van der Waals surface area contributed by atoms with Crippen LogP contribution in [-0.4, -0.2) is 33.6 Å². The molecule has 1 heterocycles. The number of ether oxygens (including phenoxy) is 2. The zero-order valence-electron chi connectivity index (χ0n) is 29.9. The first-order valence-electron chi connectivity index (χ1n) is 18.1. The predicted octanol–water partition coefficient (Wildman–Crippen LogP) is 9.31. The summed E-state index contributed by atoms with van der Waals surface area (Å²) in [4.78, 5) is 15.4. The van der Waals surface area contributed by atoms with E-state index in [2.05, 4.69) is 35.6 Å². The Hall–Kier alpha value is -4.96. The number of sulfonamides is 1. The molecule has 0 radical (unpaired) electrons. The molecular weight excluding hydrogens is 701 g/mol. The van der Waals surface area contributed by atoms with Gasteiger partial charge in [0.05, 0.1) is 36.3 Å². The molecule has 0 fully saturated rings. The number of anilines is 1. The lowest BCUT2D eigenvalue weighted by Gasteiger charge is -2.26. The second-order valence-electron chi connectivity index (χ2n) is 13.5. The number of carbonyl (C=O) groups excluding carboxylic acids is 1. The van der Waals surface area contributed by atoms with Crippen molar-refractivity contribution in [2.45, 2.75) is 51.3 Å². The van der Waals surface area contributed by atoms with Crippen LogP contribution in [0, 0.1) is 0 Å². The van der Waals surface area contributed by atoms with Crippen LogP contribution in [0.2, 0.25) is 0 Å². The van der Waals surface area contributed by atoms with E-state index >= 15 is 0 Å². The maximum Gasteiger partial charge on any atom is 0.232 e. The van der Waals surface area contributed by atoms with Crippen LogP contribution in [0.3, 0.4) is 0 Å². The number of carbonyl (C=O) groups is 1. The Kier molecular flexibility index (Phi) is 11.5. The third kappa shape index (κ3) is 8.99. The molecule has 1 aliphatic carbocycles. The Bertz CT molecular complexity index is 2260. The predicted molar refractivity (Wildman–Crippen MR) is 215 cm³/mol. The first kappa shape index (κ1) is 36.4. The molecule has 0 amide bonds. The standard InChI is InChI=1S/C44H44N2O5S2/c1-53(48,49)46(30-32-14-5-2-6-15-32)39-28-35(24-25-41(39)51-31-33-16-7-3-8-17-33)40(47)29-45-38(34-18-9-4-10-19-34)26-27-50-42-22-13-21-37-36-20-11-12-23-43(36)52-44(37)42/h2-10,13-19,21-22,24-25,28,38,45H,11-12,20,23,26-27,29-31H2,1H3. The molecule has 6 aromatic rings. The van der Waals surface area contributed by atoms with Crippen molar-refractivity contribution in [3.8, 4) is 11.5 Å². The molecule has 1 N–H and O–H groups in total. The summed E-state index contributed by atoms with van der Waals surface area (Å²) in [5.41, 5.74) is 5.01. The highest BCUT2D eigenvalue weighted by Crippen LogP contribution is 2.41. The van der Waals surface area contributed by atoms with Gasteiger partial charge in [0.25, 0.3) is 0 Å². The van der Waals surface area contributed by atoms with Crippen LogP contribution in [0.4, 0.5) is 5.69 Å². The van der Waals surface area contributed by atoms with Gasteiger partial charge in [-0.15, -0.1) is 11.3 Å². The van der Waals surface area contributed by atoms with Crippen LogP contribution < -0.4 is 19.1 Å².